The number of rotatable bonds is 6. The quantitative estimate of drug-likeness (QED) is 0.704. The Kier molecular flexibility index (Phi) is 5.23. The molecule has 3 heterocycles. The molecule has 3 fully saturated rings. The molecule has 0 bridgehead atoms. The third-order valence-corrected chi connectivity index (χ3v) is 5.89. The van der Waals surface area contributed by atoms with Gasteiger partial charge in [0, 0.05) is 6.54 Å². The van der Waals surface area contributed by atoms with E-state index >= 15 is 0 Å². The molecule has 1 amide bonds. The minimum Gasteiger partial charge on any atom is -0.447 e. The molecule has 2 aromatic rings. The van der Waals surface area contributed by atoms with Gasteiger partial charge in [0.05, 0.1) is 25.4 Å². The molecule has 29 heavy (non-hydrogen) atoms. The van der Waals surface area contributed by atoms with Gasteiger partial charge in [0.2, 0.25) is 0 Å². The van der Waals surface area contributed by atoms with Crippen molar-refractivity contribution in [3.8, 4) is 0 Å². The van der Waals surface area contributed by atoms with Crippen LogP contribution in [0.3, 0.4) is 0 Å². The van der Waals surface area contributed by atoms with Crippen LogP contribution >= 0.6 is 0 Å². The first kappa shape index (κ1) is 18.6. The van der Waals surface area contributed by atoms with Crippen LogP contribution in [-0.4, -0.2) is 54.6 Å². The molecular formula is C23H25NO5. The highest BCUT2D eigenvalue weighted by molar-refractivity contribution is 5.70. The van der Waals surface area contributed by atoms with E-state index in [9.17, 15) is 4.79 Å². The van der Waals surface area contributed by atoms with Crippen molar-refractivity contribution in [1.29, 1.82) is 0 Å². The zero-order chi connectivity index (χ0) is 19.6. The van der Waals surface area contributed by atoms with Crippen LogP contribution in [0.1, 0.15) is 17.5 Å². The molecule has 0 saturated carbocycles. The molecule has 3 aliphatic rings. The lowest BCUT2D eigenvalue weighted by molar-refractivity contribution is -0.119. The van der Waals surface area contributed by atoms with E-state index in [0.717, 1.165) is 17.5 Å². The number of fused-ring (bicyclic) bond motifs is 2. The Morgan fingerprint density at radius 1 is 0.897 bits per heavy atom. The lowest BCUT2D eigenvalue weighted by atomic mass is 9.96. The molecule has 0 aliphatic carbocycles. The lowest BCUT2D eigenvalue weighted by Crippen LogP contribution is -2.53. The summed E-state index contributed by atoms with van der Waals surface area (Å²) in [6.07, 6.45) is 0.0498. The molecule has 152 valence electrons. The van der Waals surface area contributed by atoms with Crippen molar-refractivity contribution in [3.63, 3.8) is 0 Å². The lowest BCUT2D eigenvalue weighted by Gasteiger charge is -2.35. The largest absolute Gasteiger partial charge is 0.447 e. The summed E-state index contributed by atoms with van der Waals surface area (Å²) in [6.45, 7) is 1.87. The van der Waals surface area contributed by atoms with Crippen molar-refractivity contribution in [2.75, 3.05) is 13.2 Å². The van der Waals surface area contributed by atoms with E-state index in [-0.39, 0.29) is 36.6 Å². The van der Waals surface area contributed by atoms with Gasteiger partial charge < -0.3 is 18.9 Å². The molecule has 5 atom stereocenters. The van der Waals surface area contributed by atoms with Crippen molar-refractivity contribution in [3.05, 3.63) is 71.8 Å². The van der Waals surface area contributed by atoms with Gasteiger partial charge in [-0.05, 0) is 17.5 Å². The molecule has 3 aliphatic heterocycles. The van der Waals surface area contributed by atoms with E-state index in [0.29, 0.717) is 26.4 Å². The second-order valence-electron chi connectivity index (χ2n) is 7.79. The minimum absolute atomic E-state index is 0.00247. The summed E-state index contributed by atoms with van der Waals surface area (Å²) in [4.78, 5) is 14.1. The van der Waals surface area contributed by atoms with Gasteiger partial charge in [0.25, 0.3) is 0 Å². The van der Waals surface area contributed by atoms with Crippen LogP contribution in [0.15, 0.2) is 60.7 Å². The van der Waals surface area contributed by atoms with Gasteiger partial charge in [-0.1, -0.05) is 60.7 Å². The zero-order valence-electron chi connectivity index (χ0n) is 16.2. The Balaban J connectivity index is 1.37. The Morgan fingerprint density at radius 2 is 1.52 bits per heavy atom. The number of cyclic esters (lactones) is 1. The maximum atomic E-state index is 12.3. The molecular weight excluding hydrogens is 370 g/mol. The average Bonchev–Trinajstić information content (AvgIpc) is 3.42. The maximum absolute atomic E-state index is 12.3. The monoisotopic (exact) mass is 395 g/mol. The Labute approximate surface area is 170 Å². The second-order valence-corrected chi connectivity index (χ2v) is 7.79. The number of hydrogen-bond donors (Lipinski definition) is 0. The Bertz CT molecular complexity index is 830. The molecule has 0 aromatic heterocycles. The number of benzene rings is 2. The number of ether oxygens (including phenoxy) is 4. The summed E-state index contributed by atoms with van der Waals surface area (Å²) in [5, 5.41) is 0. The highest BCUT2D eigenvalue weighted by atomic mass is 16.6. The molecule has 3 saturated heterocycles. The van der Waals surface area contributed by atoms with Crippen molar-refractivity contribution in [2.24, 2.45) is 0 Å². The minimum atomic E-state index is -0.319. The van der Waals surface area contributed by atoms with Crippen LogP contribution in [0.2, 0.25) is 0 Å². The molecule has 0 radical (unpaired) electrons. The first-order chi connectivity index (χ1) is 14.3. The fourth-order valence-corrected chi connectivity index (χ4v) is 4.27. The Morgan fingerprint density at radius 3 is 2.17 bits per heavy atom. The maximum Gasteiger partial charge on any atom is 0.410 e. The van der Waals surface area contributed by atoms with E-state index in [1.54, 1.807) is 4.90 Å². The van der Waals surface area contributed by atoms with Crippen LogP contribution in [0.4, 0.5) is 4.79 Å². The standard InChI is InChI=1S/C23H25NO5/c25-23-24-12-11-19-21(29-19)22(27-14-17-9-5-2-6-10-17)20(18(24)15-28-23)26-13-16-7-3-1-4-8-16/h1-10,18-22H,11-15H2/t18-,19+,20-,21+,22+/m1/s1. The normalized spacial score (nSPS) is 30.7. The molecule has 0 N–H and O–H groups in total. The summed E-state index contributed by atoms with van der Waals surface area (Å²) in [7, 11) is 0. The first-order valence-corrected chi connectivity index (χ1v) is 10.2. The van der Waals surface area contributed by atoms with Gasteiger partial charge in [-0.3, -0.25) is 4.90 Å². The summed E-state index contributed by atoms with van der Waals surface area (Å²) in [5.41, 5.74) is 2.19. The summed E-state index contributed by atoms with van der Waals surface area (Å²) in [5.74, 6) is 0. The highest BCUT2D eigenvalue weighted by Gasteiger charge is 2.55. The van der Waals surface area contributed by atoms with E-state index in [1.807, 2.05) is 60.7 Å². The van der Waals surface area contributed by atoms with Crippen molar-refractivity contribution in [2.45, 2.75) is 50.1 Å². The number of epoxide rings is 1. The van der Waals surface area contributed by atoms with Gasteiger partial charge >= 0.3 is 6.09 Å². The van der Waals surface area contributed by atoms with E-state index in [4.69, 9.17) is 18.9 Å². The first-order valence-electron chi connectivity index (χ1n) is 10.2. The average molecular weight is 395 g/mol. The molecule has 0 unspecified atom stereocenters. The van der Waals surface area contributed by atoms with Crippen LogP contribution in [0.25, 0.3) is 0 Å². The van der Waals surface area contributed by atoms with Crippen molar-refractivity contribution < 1.29 is 23.7 Å². The van der Waals surface area contributed by atoms with Crippen molar-refractivity contribution >= 4 is 6.09 Å². The summed E-state index contributed by atoms with van der Waals surface area (Å²) in [6, 6.07) is 20.0. The van der Waals surface area contributed by atoms with E-state index in [1.165, 1.54) is 0 Å². The number of carbonyl (C=O) groups is 1. The fourth-order valence-electron chi connectivity index (χ4n) is 4.27. The zero-order valence-corrected chi connectivity index (χ0v) is 16.2. The number of amides is 1. The predicted molar refractivity (Wildman–Crippen MR) is 105 cm³/mol. The summed E-state index contributed by atoms with van der Waals surface area (Å²) >= 11 is 0. The summed E-state index contributed by atoms with van der Waals surface area (Å²) < 4.78 is 24.0. The van der Waals surface area contributed by atoms with Crippen LogP contribution in [0.5, 0.6) is 0 Å². The van der Waals surface area contributed by atoms with Crippen LogP contribution in [0, 0.1) is 0 Å². The highest BCUT2D eigenvalue weighted by Crippen LogP contribution is 2.38. The molecule has 2 aromatic carbocycles. The predicted octanol–water partition coefficient (Wildman–Crippen LogP) is 3.15. The topological polar surface area (TPSA) is 60.5 Å². The van der Waals surface area contributed by atoms with E-state index in [2.05, 4.69) is 0 Å². The Hall–Kier alpha value is -2.41. The molecule has 6 heteroatoms. The number of carbonyl (C=O) groups excluding carboxylic acids is 1. The van der Waals surface area contributed by atoms with Crippen LogP contribution < -0.4 is 0 Å². The van der Waals surface area contributed by atoms with E-state index < -0.39 is 0 Å². The van der Waals surface area contributed by atoms with Gasteiger partial charge in [-0.2, -0.15) is 0 Å². The van der Waals surface area contributed by atoms with Gasteiger partial charge in [0.15, 0.2) is 0 Å². The smallest absolute Gasteiger partial charge is 0.410 e. The van der Waals surface area contributed by atoms with Crippen molar-refractivity contribution in [1.82, 2.24) is 4.90 Å². The fraction of sp³-hybridized carbons (Fsp3) is 0.435. The third kappa shape index (κ3) is 4.01. The van der Waals surface area contributed by atoms with Gasteiger partial charge in [-0.15, -0.1) is 0 Å². The molecule has 0 spiro atoms. The number of nitrogens with zero attached hydrogens (tertiary/aromatic N) is 1. The van der Waals surface area contributed by atoms with Crippen LogP contribution in [-0.2, 0) is 32.2 Å². The second kappa shape index (κ2) is 8.14. The third-order valence-electron chi connectivity index (χ3n) is 5.89. The number of hydrogen-bond acceptors (Lipinski definition) is 5. The molecule has 5 rings (SSSR count). The molecule has 6 nitrogen and oxygen atoms in total. The van der Waals surface area contributed by atoms with Gasteiger partial charge in [-0.25, -0.2) is 4.79 Å². The SMILES string of the molecule is O=C1OC[C@@H]2[C@@H](OCc3ccccc3)[C@H](OCc3ccccc3)[C@H]3O[C@H]3CCN12. The van der Waals surface area contributed by atoms with Gasteiger partial charge in [0.1, 0.15) is 24.9 Å².